The molecular formula is C28H28F3N5O5S. The largest absolute Gasteiger partial charge is 0.462 e. The van der Waals surface area contributed by atoms with Crippen LogP contribution in [0.2, 0.25) is 0 Å². The second-order valence-electron chi connectivity index (χ2n) is 9.22. The number of amides is 2. The molecule has 10 nitrogen and oxygen atoms in total. The molecule has 3 aromatic heterocycles. The average Bonchev–Trinajstić information content (AvgIpc) is 3.46. The lowest BCUT2D eigenvalue weighted by molar-refractivity contribution is -0.140. The predicted octanol–water partition coefficient (Wildman–Crippen LogP) is 5.09. The van der Waals surface area contributed by atoms with Crippen molar-refractivity contribution in [3.63, 3.8) is 0 Å². The Morgan fingerprint density at radius 1 is 1.21 bits per heavy atom. The van der Waals surface area contributed by atoms with Gasteiger partial charge in [0.2, 0.25) is 5.43 Å². The molecule has 14 heteroatoms. The second kappa shape index (κ2) is 13.1. The number of aryl methyl sites for hydroxylation is 1. The summed E-state index contributed by atoms with van der Waals surface area (Å²) >= 11 is 0.815. The van der Waals surface area contributed by atoms with E-state index in [1.165, 1.54) is 18.5 Å². The maximum Gasteiger partial charge on any atom is 0.434 e. The van der Waals surface area contributed by atoms with Crippen molar-refractivity contribution >= 4 is 40.1 Å². The highest BCUT2D eigenvalue weighted by Crippen LogP contribution is 2.36. The number of nitrogens with one attached hydrogen (secondary N) is 3. The van der Waals surface area contributed by atoms with E-state index >= 15 is 0 Å². The Kier molecular flexibility index (Phi) is 9.58. The number of urea groups is 1. The van der Waals surface area contributed by atoms with Gasteiger partial charge in [-0.3, -0.25) is 10.1 Å². The van der Waals surface area contributed by atoms with Gasteiger partial charge >= 0.3 is 18.2 Å². The van der Waals surface area contributed by atoms with Crippen LogP contribution in [0.3, 0.4) is 0 Å². The number of pyridine rings is 2. The molecule has 0 bridgehead atoms. The number of carbonyl (C=O) groups is 2. The average molecular weight is 604 g/mol. The fourth-order valence-electron chi connectivity index (χ4n) is 4.34. The first-order valence-corrected chi connectivity index (χ1v) is 13.9. The molecule has 0 aliphatic rings. The minimum Gasteiger partial charge on any atom is -0.462 e. The number of thiazole rings is 1. The molecule has 1 unspecified atom stereocenters. The van der Waals surface area contributed by atoms with Crippen LogP contribution < -0.4 is 16.1 Å². The Hall–Kier alpha value is -4.30. The monoisotopic (exact) mass is 603 g/mol. The zero-order valence-electron chi connectivity index (χ0n) is 22.7. The fourth-order valence-corrected chi connectivity index (χ4v) is 5.22. The lowest BCUT2D eigenvalue weighted by atomic mass is 9.91. The second-order valence-corrected chi connectivity index (χ2v) is 10.1. The van der Waals surface area contributed by atoms with Crippen LogP contribution >= 0.6 is 11.3 Å². The van der Waals surface area contributed by atoms with Gasteiger partial charge in [0.05, 0.1) is 6.61 Å². The predicted molar refractivity (Wildman–Crippen MR) is 152 cm³/mol. The van der Waals surface area contributed by atoms with Gasteiger partial charge in [-0.15, -0.1) is 11.3 Å². The van der Waals surface area contributed by atoms with Gasteiger partial charge in [-0.1, -0.05) is 6.07 Å². The zero-order valence-corrected chi connectivity index (χ0v) is 23.5. The Morgan fingerprint density at radius 3 is 2.67 bits per heavy atom. The van der Waals surface area contributed by atoms with E-state index in [1.807, 2.05) is 0 Å². The first-order valence-electron chi connectivity index (χ1n) is 13.1. The number of aliphatic hydroxyl groups is 1. The summed E-state index contributed by atoms with van der Waals surface area (Å²) in [5, 5.41) is 16.6. The quantitative estimate of drug-likeness (QED) is 0.185. The molecule has 4 rings (SSSR count). The third-order valence-electron chi connectivity index (χ3n) is 6.44. The van der Waals surface area contributed by atoms with E-state index < -0.39 is 35.2 Å². The number of aromatic amines is 1. The number of aliphatic hydroxyl groups excluding tert-OH is 1. The molecule has 0 saturated heterocycles. The van der Waals surface area contributed by atoms with Crippen LogP contribution in [0.5, 0.6) is 0 Å². The normalized spacial score (nSPS) is 12.2. The maximum absolute atomic E-state index is 13.3. The number of alkyl halides is 3. The smallest absolute Gasteiger partial charge is 0.434 e. The molecule has 0 spiro atoms. The van der Waals surface area contributed by atoms with E-state index in [0.29, 0.717) is 35.2 Å². The van der Waals surface area contributed by atoms with Crippen molar-refractivity contribution in [2.45, 2.75) is 38.8 Å². The maximum atomic E-state index is 13.3. The summed E-state index contributed by atoms with van der Waals surface area (Å²) in [7, 11) is 0. The van der Waals surface area contributed by atoms with Gasteiger partial charge in [0.25, 0.3) is 0 Å². The Morgan fingerprint density at radius 2 is 2.00 bits per heavy atom. The van der Waals surface area contributed by atoms with Crippen molar-refractivity contribution in [1.29, 1.82) is 0 Å². The van der Waals surface area contributed by atoms with Crippen LogP contribution in [0.1, 0.15) is 53.4 Å². The van der Waals surface area contributed by atoms with E-state index in [9.17, 15) is 32.7 Å². The summed E-state index contributed by atoms with van der Waals surface area (Å²) in [6.45, 7) is 3.57. The lowest BCUT2D eigenvalue weighted by Gasteiger charge is -2.17. The van der Waals surface area contributed by atoms with Crippen LogP contribution in [0.15, 0.2) is 46.8 Å². The highest BCUT2D eigenvalue weighted by atomic mass is 32.1. The van der Waals surface area contributed by atoms with Gasteiger partial charge in [-0.05, 0) is 56.0 Å². The molecular weight excluding hydrogens is 575 g/mol. The van der Waals surface area contributed by atoms with Gasteiger partial charge in [0.15, 0.2) is 5.69 Å². The molecule has 0 saturated carbocycles. The highest BCUT2D eigenvalue weighted by molar-refractivity contribution is 7.13. The zero-order chi connectivity index (χ0) is 30.4. The minimum atomic E-state index is -4.62. The number of anilines is 1. The van der Waals surface area contributed by atoms with Crippen molar-refractivity contribution in [3.05, 3.63) is 74.6 Å². The highest BCUT2D eigenvalue weighted by Gasteiger charge is 2.34. The van der Waals surface area contributed by atoms with Crippen LogP contribution in [-0.4, -0.2) is 51.8 Å². The fraction of sp³-hybridized carbons (Fsp3) is 0.321. The molecule has 42 heavy (non-hydrogen) atoms. The van der Waals surface area contributed by atoms with Crippen LogP contribution in [0, 0.1) is 0 Å². The van der Waals surface area contributed by atoms with Crippen molar-refractivity contribution in [2.75, 3.05) is 25.1 Å². The first-order chi connectivity index (χ1) is 20.0. The number of carbonyl (C=O) groups excluding carboxylic acids is 2. The number of aromatic nitrogens is 3. The number of halogens is 3. The number of nitrogens with zero attached hydrogens (tertiary/aromatic N) is 2. The van der Waals surface area contributed by atoms with Gasteiger partial charge < -0.3 is 20.1 Å². The third kappa shape index (κ3) is 6.94. The topological polar surface area (TPSA) is 146 Å². The summed E-state index contributed by atoms with van der Waals surface area (Å²) in [6, 6.07) is 5.97. The van der Waals surface area contributed by atoms with Crippen LogP contribution in [0.4, 0.5) is 23.8 Å². The molecule has 2 amide bonds. The number of hydrogen-bond donors (Lipinski definition) is 4. The summed E-state index contributed by atoms with van der Waals surface area (Å²) in [5.41, 5.74) is 0.380. The summed E-state index contributed by atoms with van der Waals surface area (Å²) in [5.74, 6) is -1.07. The number of benzene rings is 1. The Labute approximate surface area is 242 Å². The lowest BCUT2D eigenvalue weighted by Crippen LogP contribution is -2.28. The molecule has 4 N–H and O–H groups in total. The van der Waals surface area contributed by atoms with Crippen molar-refractivity contribution in [2.24, 2.45) is 0 Å². The Bertz CT molecular complexity index is 1650. The SMILES string of the molecule is CCNC(=O)Nc1cc(-c2nc(C(F)(F)F)cs2)c(CCC(CO)c2ccc3[nH]cc(C(=O)OCC)c(=O)c3c2)cn1. The molecule has 0 fully saturated rings. The van der Waals surface area contributed by atoms with Crippen molar-refractivity contribution in [1.82, 2.24) is 20.3 Å². The van der Waals surface area contributed by atoms with Gasteiger partial charge in [-0.2, -0.15) is 13.2 Å². The van der Waals surface area contributed by atoms with E-state index in [2.05, 4.69) is 25.6 Å². The van der Waals surface area contributed by atoms with Crippen molar-refractivity contribution in [3.8, 4) is 10.6 Å². The first kappa shape index (κ1) is 30.7. The van der Waals surface area contributed by atoms with E-state index in [4.69, 9.17) is 4.74 Å². The molecule has 1 atom stereocenters. The summed E-state index contributed by atoms with van der Waals surface area (Å²) in [4.78, 5) is 48.1. The molecule has 0 radical (unpaired) electrons. The molecule has 4 aromatic rings. The molecule has 222 valence electrons. The number of rotatable bonds is 10. The molecule has 1 aromatic carbocycles. The van der Waals surface area contributed by atoms with E-state index in [1.54, 1.807) is 32.0 Å². The van der Waals surface area contributed by atoms with Gasteiger partial charge in [0.1, 0.15) is 16.4 Å². The van der Waals surface area contributed by atoms with Crippen LogP contribution in [-0.2, 0) is 17.3 Å². The number of esters is 1. The number of ether oxygens (including phenoxy) is 1. The van der Waals surface area contributed by atoms with Crippen molar-refractivity contribution < 1.29 is 32.6 Å². The van der Waals surface area contributed by atoms with E-state index in [0.717, 1.165) is 16.7 Å². The number of fused-ring (bicyclic) bond motifs is 1. The van der Waals surface area contributed by atoms with E-state index in [-0.39, 0.29) is 41.4 Å². The number of H-pyrrole nitrogens is 1. The molecule has 3 heterocycles. The summed E-state index contributed by atoms with van der Waals surface area (Å²) in [6.07, 6.45) is -1.24. The standard InChI is InChI=1S/C28H28F3N5O5S/c1-3-32-27(40)36-23-10-18(25-35-22(14-42-25)28(29,30)31)16(11-34-23)5-6-17(13-37)15-7-8-21-19(9-15)24(38)20(12-33-21)26(39)41-4-2/h7-12,14,17,37H,3-6,13H2,1-2H3,(H,33,38)(H2,32,34,36,40). The minimum absolute atomic E-state index is 0.1000. The molecule has 0 aliphatic heterocycles. The van der Waals surface area contributed by atoms with Gasteiger partial charge in [0, 0.05) is 53.3 Å². The Balaban J connectivity index is 1.64. The van der Waals surface area contributed by atoms with Crippen LogP contribution in [0.25, 0.3) is 21.5 Å². The summed E-state index contributed by atoms with van der Waals surface area (Å²) < 4.78 is 44.8. The molecule has 0 aliphatic carbocycles. The third-order valence-corrected chi connectivity index (χ3v) is 7.32. The van der Waals surface area contributed by atoms with Gasteiger partial charge in [-0.25, -0.2) is 19.6 Å². The number of hydrogen-bond acceptors (Lipinski definition) is 8.